The Morgan fingerprint density at radius 1 is 0.646 bits per heavy atom. The zero-order valence-electron chi connectivity index (χ0n) is 25.6. The number of nitrogens with one attached hydrogen (secondary N) is 2. The summed E-state index contributed by atoms with van der Waals surface area (Å²) in [6, 6.07) is 44.8. The Morgan fingerprint density at radius 2 is 1.27 bits per heavy atom. The number of carbonyl (C=O) groups is 3. The van der Waals surface area contributed by atoms with Crippen molar-refractivity contribution in [3.05, 3.63) is 173 Å². The van der Waals surface area contributed by atoms with Gasteiger partial charge in [0.1, 0.15) is 17.2 Å². The summed E-state index contributed by atoms with van der Waals surface area (Å²) in [6.45, 7) is 0. The molecule has 0 aliphatic heterocycles. The van der Waals surface area contributed by atoms with Crippen LogP contribution in [0.25, 0.3) is 28.5 Å². The molecule has 5 aromatic carbocycles. The molecule has 1 aromatic heterocycles. The largest absolute Gasteiger partial charge is 0.457 e. The SMILES string of the molecule is O=C(Nc1ccc(SCC(=O)c2ccc(-c3ccccc3)cc2)cc1)C(=Cc1ccc(-c2ccc(Br)cc2)o1)NC(=O)c1ccccc1. The highest BCUT2D eigenvalue weighted by molar-refractivity contribution is 9.10. The highest BCUT2D eigenvalue weighted by Gasteiger charge is 2.17. The van der Waals surface area contributed by atoms with Crippen molar-refractivity contribution in [3.63, 3.8) is 0 Å². The average Bonchev–Trinajstić information content (AvgIpc) is 3.60. The highest BCUT2D eigenvalue weighted by atomic mass is 79.9. The van der Waals surface area contributed by atoms with Crippen LogP contribution in [0.15, 0.2) is 165 Å². The first-order chi connectivity index (χ1) is 23.4. The van der Waals surface area contributed by atoms with Gasteiger partial charge >= 0.3 is 0 Å². The Balaban J connectivity index is 1.11. The number of hydrogen-bond acceptors (Lipinski definition) is 5. The molecule has 1 heterocycles. The van der Waals surface area contributed by atoms with Gasteiger partial charge < -0.3 is 15.1 Å². The Labute approximate surface area is 291 Å². The number of carbonyl (C=O) groups excluding carboxylic acids is 3. The molecular weight excluding hydrogens is 684 g/mol. The van der Waals surface area contributed by atoms with Crippen LogP contribution in [0.4, 0.5) is 5.69 Å². The van der Waals surface area contributed by atoms with Crippen molar-refractivity contribution in [1.82, 2.24) is 5.32 Å². The van der Waals surface area contributed by atoms with Crippen LogP contribution in [0.1, 0.15) is 26.5 Å². The number of rotatable bonds is 11. The maximum atomic E-state index is 13.5. The normalized spacial score (nSPS) is 11.1. The van der Waals surface area contributed by atoms with E-state index in [4.69, 9.17) is 4.42 Å². The van der Waals surface area contributed by atoms with Gasteiger partial charge in [-0.3, -0.25) is 14.4 Å². The molecule has 0 aliphatic carbocycles. The molecule has 6 nitrogen and oxygen atoms in total. The van der Waals surface area contributed by atoms with E-state index in [0.29, 0.717) is 28.3 Å². The van der Waals surface area contributed by atoms with Crippen LogP contribution in [0, 0.1) is 0 Å². The van der Waals surface area contributed by atoms with Crippen molar-refractivity contribution in [1.29, 1.82) is 0 Å². The predicted octanol–water partition coefficient (Wildman–Crippen LogP) is 9.76. The molecule has 6 rings (SSSR count). The Kier molecular flexibility index (Phi) is 10.4. The molecule has 2 amide bonds. The number of thioether (sulfide) groups is 1. The molecule has 0 fully saturated rings. The molecule has 8 heteroatoms. The topological polar surface area (TPSA) is 88.4 Å². The fourth-order valence-electron chi connectivity index (χ4n) is 4.83. The summed E-state index contributed by atoms with van der Waals surface area (Å²) in [7, 11) is 0. The first kappa shape index (κ1) is 32.5. The quantitative estimate of drug-likeness (QED) is 0.0793. The standard InChI is InChI=1S/C40H29BrN2O4S/c41-32-17-15-30(16-18-32)38-24-21-34(47-38)25-36(43-39(45)31-9-5-2-6-10-31)40(46)42-33-19-22-35(23-20-33)48-26-37(44)29-13-11-28(12-14-29)27-7-3-1-4-8-27/h1-25H,26H2,(H,42,46)(H,43,45). The number of amides is 2. The van der Waals surface area contributed by atoms with E-state index >= 15 is 0 Å². The first-order valence-electron chi connectivity index (χ1n) is 15.1. The summed E-state index contributed by atoms with van der Waals surface area (Å²) in [4.78, 5) is 40.2. The molecule has 0 spiro atoms. The Hall–Kier alpha value is -5.44. The Morgan fingerprint density at radius 3 is 1.96 bits per heavy atom. The summed E-state index contributed by atoms with van der Waals surface area (Å²) in [6.07, 6.45) is 1.50. The van der Waals surface area contributed by atoms with Gasteiger partial charge in [-0.05, 0) is 71.8 Å². The number of benzene rings is 5. The van der Waals surface area contributed by atoms with Crippen molar-refractivity contribution in [2.75, 3.05) is 11.1 Å². The van der Waals surface area contributed by atoms with Crippen LogP contribution in [0.5, 0.6) is 0 Å². The van der Waals surface area contributed by atoms with Crippen LogP contribution < -0.4 is 10.6 Å². The maximum Gasteiger partial charge on any atom is 0.272 e. The lowest BCUT2D eigenvalue weighted by Crippen LogP contribution is -2.30. The molecule has 0 radical (unpaired) electrons. The van der Waals surface area contributed by atoms with Gasteiger partial charge in [0.05, 0.1) is 5.75 Å². The smallest absolute Gasteiger partial charge is 0.272 e. The number of halogens is 1. The van der Waals surface area contributed by atoms with Gasteiger partial charge in [-0.15, -0.1) is 11.8 Å². The van der Waals surface area contributed by atoms with Gasteiger partial charge in [0.25, 0.3) is 11.8 Å². The zero-order chi connectivity index (χ0) is 33.3. The third-order valence-corrected chi connectivity index (χ3v) is 8.91. The van der Waals surface area contributed by atoms with E-state index in [0.717, 1.165) is 26.1 Å². The van der Waals surface area contributed by atoms with E-state index in [9.17, 15) is 14.4 Å². The van der Waals surface area contributed by atoms with E-state index in [1.54, 1.807) is 42.5 Å². The second-order valence-electron chi connectivity index (χ2n) is 10.7. The van der Waals surface area contributed by atoms with E-state index in [1.807, 2.05) is 103 Å². The lowest BCUT2D eigenvalue weighted by molar-refractivity contribution is -0.113. The van der Waals surface area contributed by atoms with E-state index < -0.39 is 11.8 Å². The number of anilines is 1. The van der Waals surface area contributed by atoms with E-state index in [2.05, 4.69) is 26.6 Å². The van der Waals surface area contributed by atoms with Crippen LogP contribution in [0.2, 0.25) is 0 Å². The fourth-order valence-corrected chi connectivity index (χ4v) is 5.89. The minimum atomic E-state index is -0.518. The van der Waals surface area contributed by atoms with Crippen molar-refractivity contribution in [2.45, 2.75) is 4.90 Å². The van der Waals surface area contributed by atoms with Crippen LogP contribution in [0.3, 0.4) is 0 Å². The summed E-state index contributed by atoms with van der Waals surface area (Å²) >= 11 is 4.86. The van der Waals surface area contributed by atoms with Gasteiger partial charge in [-0.25, -0.2) is 0 Å². The van der Waals surface area contributed by atoms with E-state index in [-0.39, 0.29) is 17.2 Å². The maximum absolute atomic E-state index is 13.5. The number of Topliss-reactive ketones (excluding diaryl/α,β-unsaturated/α-hetero) is 1. The monoisotopic (exact) mass is 712 g/mol. The van der Waals surface area contributed by atoms with Crippen molar-refractivity contribution in [2.24, 2.45) is 0 Å². The predicted molar refractivity (Wildman–Crippen MR) is 196 cm³/mol. The zero-order valence-corrected chi connectivity index (χ0v) is 28.0. The molecule has 0 bridgehead atoms. The summed E-state index contributed by atoms with van der Waals surface area (Å²) in [5.74, 6) is 0.386. The molecule has 0 saturated carbocycles. The fraction of sp³-hybridized carbons (Fsp3) is 0.0250. The molecule has 0 atom stereocenters. The van der Waals surface area contributed by atoms with E-state index in [1.165, 1.54) is 17.8 Å². The van der Waals surface area contributed by atoms with Crippen LogP contribution in [-0.4, -0.2) is 23.4 Å². The second kappa shape index (κ2) is 15.4. The summed E-state index contributed by atoms with van der Waals surface area (Å²) in [5.41, 5.74) is 4.65. The van der Waals surface area contributed by atoms with Gasteiger partial charge in [0.2, 0.25) is 0 Å². The molecule has 2 N–H and O–H groups in total. The van der Waals surface area contributed by atoms with Gasteiger partial charge in [0.15, 0.2) is 5.78 Å². The van der Waals surface area contributed by atoms with Crippen LogP contribution in [-0.2, 0) is 4.79 Å². The molecule has 48 heavy (non-hydrogen) atoms. The Bertz CT molecular complexity index is 2060. The van der Waals surface area contributed by atoms with Crippen molar-refractivity contribution < 1.29 is 18.8 Å². The molecule has 6 aromatic rings. The summed E-state index contributed by atoms with van der Waals surface area (Å²) < 4.78 is 6.94. The third-order valence-electron chi connectivity index (χ3n) is 7.37. The molecule has 0 saturated heterocycles. The van der Waals surface area contributed by atoms with Gasteiger partial charge in [-0.2, -0.15) is 0 Å². The minimum absolute atomic E-state index is 0.0166. The number of ketones is 1. The first-order valence-corrected chi connectivity index (χ1v) is 16.9. The van der Waals surface area contributed by atoms with Crippen molar-refractivity contribution in [3.8, 4) is 22.5 Å². The van der Waals surface area contributed by atoms with Gasteiger partial charge in [0, 0.05) is 37.8 Å². The minimum Gasteiger partial charge on any atom is -0.457 e. The number of hydrogen-bond donors (Lipinski definition) is 2. The second-order valence-corrected chi connectivity index (χ2v) is 12.7. The van der Waals surface area contributed by atoms with Crippen LogP contribution >= 0.6 is 27.7 Å². The molecule has 0 aliphatic rings. The van der Waals surface area contributed by atoms with Crippen molar-refractivity contribution >= 4 is 57.1 Å². The lowest BCUT2D eigenvalue weighted by atomic mass is 10.0. The average molecular weight is 714 g/mol. The number of furan rings is 1. The third kappa shape index (κ3) is 8.47. The molecular formula is C40H29BrN2O4S. The lowest BCUT2D eigenvalue weighted by Gasteiger charge is -2.11. The molecule has 0 unspecified atom stereocenters. The highest BCUT2D eigenvalue weighted by Crippen LogP contribution is 2.26. The molecule has 236 valence electrons. The van der Waals surface area contributed by atoms with Gasteiger partial charge in [-0.1, -0.05) is 101 Å². The summed E-state index contributed by atoms with van der Waals surface area (Å²) in [5, 5.41) is 5.59.